The van der Waals surface area contributed by atoms with Crippen molar-refractivity contribution in [3.05, 3.63) is 47.3 Å². The first kappa shape index (κ1) is 15.3. The van der Waals surface area contributed by atoms with Crippen molar-refractivity contribution >= 4 is 0 Å². The van der Waals surface area contributed by atoms with Crippen molar-refractivity contribution in [2.75, 3.05) is 0 Å². The molecular formula is C14H17F3N2. The molecule has 0 saturated carbocycles. The number of alkyl halides is 3. The summed E-state index contributed by atoms with van der Waals surface area (Å²) in [7, 11) is 0. The lowest BCUT2D eigenvalue weighted by molar-refractivity contribution is -0.137. The van der Waals surface area contributed by atoms with Crippen molar-refractivity contribution in [2.45, 2.75) is 33.9 Å². The van der Waals surface area contributed by atoms with Crippen LogP contribution in [0.2, 0.25) is 0 Å². The molecule has 0 bridgehead atoms. The minimum atomic E-state index is -4.33. The number of hydrogen-bond acceptors (Lipinski definition) is 1. The van der Waals surface area contributed by atoms with E-state index >= 15 is 0 Å². The molecule has 1 aromatic carbocycles. The molecule has 1 aromatic heterocycles. The van der Waals surface area contributed by atoms with Crippen LogP contribution in [-0.2, 0) is 6.18 Å². The van der Waals surface area contributed by atoms with Gasteiger partial charge in [0, 0.05) is 5.69 Å². The van der Waals surface area contributed by atoms with Gasteiger partial charge >= 0.3 is 6.18 Å². The fourth-order valence-corrected chi connectivity index (χ4v) is 1.70. The second kappa shape index (κ2) is 5.91. The standard InChI is InChI=1S/C12H11F3N2.C2H6/c1-8-6-9(2)17(16-8)11-5-3-4-10(7-11)12(13,14)15;1-2/h3-7H,1-2H3;1-2H3. The van der Waals surface area contributed by atoms with Gasteiger partial charge in [-0.15, -0.1) is 0 Å². The largest absolute Gasteiger partial charge is 0.416 e. The Bertz CT molecular complexity index is 542. The lowest BCUT2D eigenvalue weighted by Gasteiger charge is -2.09. The SMILES string of the molecule is CC.Cc1cc(C)n(-c2cccc(C(F)(F)F)c2)n1. The molecule has 2 rings (SSSR count). The molecule has 0 N–H and O–H groups in total. The lowest BCUT2D eigenvalue weighted by atomic mass is 10.2. The molecule has 0 unspecified atom stereocenters. The summed E-state index contributed by atoms with van der Waals surface area (Å²) in [6.45, 7) is 7.61. The summed E-state index contributed by atoms with van der Waals surface area (Å²) in [5.41, 5.74) is 1.34. The summed E-state index contributed by atoms with van der Waals surface area (Å²) in [5.74, 6) is 0. The quantitative estimate of drug-likeness (QED) is 0.744. The molecule has 0 aliphatic rings. The molecule has 0 radical (unpaired) electrons. The van der Waals surface area contributed by atoms with Gasteiger partial charge in [-0.05, 0) is 38.1 Å². The van der Waals surface area contributed by atoms with E-state index in [1.54, 1.807) is 19.9 Å². The van der Waals surface area contributed by atoms with Gasteiger partial charge in [0.25, 0.3) is 0 Å². The minimum absolute atomic E-state index is 0.422. The molecule has 0 atom stereocenters. The molecule has 0 saturated heterocycles. The van der Waals surface area contributed by atoms with Gasteiger partial charge in [0.1, 0.15) is 0 Å². The molecule has 2 aromatic rings. The van der Waals surface area contributed by atoms with Crippen LogP contribution in [0, 0.1) is 13.8 Å². The summed E-state index contributed by atoms with van der Waals surface area (Å²) < 4.78 is 39.2. The van der Waals surface area contributed by atoms with Crippen LogP contribution in [0.3, 0.4) is 0 Å². The third-order valence-corrected chi connectivity index (χ3v) is 2.43. The highest BCUT2D eigenvalue weighted by Crippen LogP contribution is 2.30. The molecule has 0 spiro atoms. The van der Waals surface area contributed by atoms with Gasteiger partial charge in [-0.3, -0.25) is 0 Å². The Morgan fingerprint density at radius 2 is 1.68 bits per heavy atom. The molecule has 0 fully saturated rings. The molecule has 5 heteroatoms. The van der Waals surface area contributed by atoms with Gasteiger partial charge in [-0.1, -0.05) is 19.9 Å². The first-order valence-electron chi connectivity index (χ1n) is 6.09. The van der Waals surface area contributed by atoms with Crippen molar-refractivity contribution in [3.63, 3.8) is 0 Å². The first-order valence-corrected chi connectivity index (χ1v) is 6.09. The monoisotopic (exact) mass is 270 g/mol. The maximum atomic E-state index is 12.6. The molecule has 19 heavy (non-hydrogen) atoms. The topological polar surface area (TPSA) is 17.8 Å². The van der Waals surface area contributed by atoms with Crippen molar-refractivity contribution in [2.24, 2.45) is 0 Å². The molecule has 104 valence electrons. The van der Waals surface area contributed by atoms with Crippen molar-refractivity contribution in [1.82, 2.24) is 9.78 Å². The van der Waals surface area contributed by atoms with Crippen LogP contribution >= 0.6 is 0 Å². The average molecular weight is 270 g/mol. The summed E-state index contributed by atoms with van der Waals surface area (Å²) in [6, 6.07) is 6.96. The Balaban J connectivity index is 0.000000861. The minimum Gasteiger partial charge on any atom is -0.238 e. The number of aromatic nitrogens is 2. The predicted octanol–water partition coefficient (Wildman–Crippen LogP) is 4.53. The zero-order valence-corrected chi connectivity index (χ0v) is 11.4. The van der Waals surface area contributed by atoms with Gasteiger partial charge in [0.15, 0.2) is 0 Å². The van der Waals surface area contributed by atoms with Gasteiger partial charge in [-0.2, -0.15) is 18.3 Å². The van der Waals surface area contributed by atoms with E-state index in [0.29, 0.717) is 5.69 Å². The summed E-state index contributed by atoms with van der Waals surface area (Å²) in [4.78, 5) is 0. The number of halogens is 3. The number of aryl methyl sites for hydroxylation is 2. The molecular weight excluding hydrogens is 253 g/mol. The zero-order chi connectivity index (χ0) is 14.6. The van der Waals surface area contributed by atoms with Crippen LogP contribution in [0.4, 0.5) is 13.2 Å². The Kier molecular flexibility index (Phi) is 4.75. The number of hydrogen-bond donors (Lipinski definition) is 0. The maximum absolute atomic E-state index is 12.6. The van der Waals surface area contributed by atoms with Gasteiger partial charge in [0.2, 0.25) is 0 Å². The average Bonchev–Trinajstić information content (AvgIpc) is 2.70. The van der Waals surface area contributed by atoms with E-state index in [-0.39, 0.29) is 0 Å². The highest BCUT2D eigenvalue weighted by Gasteiger charge is 2.30. The Labute approximate surface area is 110 Å². The van der Waals surface area contributed by atoms with Crippen LogP contribution in [0.5, 0.6) is 0 Å². The normalized spacial score (nSPS) is 10.9. The van der Waals surface area contributed by atoms with E-state index in [9.17, 15) is 13.2 Å². The first-order chi connectivity index (χ1) is 8.88. The molecule has 0 amide bonds. The Morgan fingerprint density at radius 3 is 2.16 bits per heavy atom. The molecule has 0 aliphatic carbocycles. The van der Waals surface area contributed by atoms with Crippen LogP contribution in [0.1, 0.15) is 30.8 Å². The van der Waals surface area contributed by atoms with Crippen LogP contribution in [0.15, 0.2) is 30.3 Å². The van der Waals surface area contributed by atoms with Crippen LogP contribution in [-0.4, -0.2) is 9.78 Å². The third-order valence-electron chi connectivity index (χ3n) is 2.43. The molecule has 2 nitrogen and oxygen atoms in total. The highest BCUT2D eigenvalue weighted by molar-refractivity contribution is 5.38. The van der Waals surface area contributed by atoms with Crippen molar-refractivity contribution in [3.8, 4) is 5.69 Å². The predicted molar refractivity (Wildman–Crippen MR) is 69.4 cm³/mol. The highest BCUT2D eigenvalue weighted by atomic mass is 19.4. The second-order valence-electron chi connectivity index (χ2n) is 3.89. The number of rotatable bonds is 1. The van der Waals surface area contributed by atoms with Crippen molar-refractivity contribution < 1.29 is 13.2 Å². The number of nitrogens with zero attached hydrogens (tertiary/aromatic N) is 2. The summed E-state index contributed by atoms with van der Waals surface area (Å²) in [5, 5.41) is 4.15. The van der Waals surface area contributed by atoms with E-state index in [4.69, 9.17) is 0 Å². The van der Waals surface area contributed by atoms with E-state index in [0.717, 1.165) is 23.5 Å². The van der Waals surface area contributed by atoms with Gasteiger partial charge in [-0.25, -0.2) is 4.68 Å². The van der Waals surface area contributed by atoms with Crippen molar-refractivity contribution in [1.29, 1.82) is 0 Å². The molecule has 0 aliphatic heterocycles. The third kappa shape index (κ3) is 3.59. The van der Waals surface area contributed by atoms with E-state index < -0.39 is 11.7 Å². The second-order valence-corrected chi connectivity index (χ2v) is 3.89. The lowest BCUT2D eigenvalue weighted by Crippen LogP contribution is -2.07. The number of benzene rings is 1. The fraction of sp³-hybridized carbons (Fsp3) is 0.357. The van der Waals surface area contributed by atoms with Gasteiger partial charge in [0.05, 0.1) is 16.9 Å². The summed E-state index contributed by atoms with van der Waals surface area (Å²) >= 11 is 0. The smallest absolute Gasteiger partial charge is 0.238 e. The van der Waals surface area contributed by atoms with Gasteiger partial charge < -0.3 is 0 Å². The zero-order valence-electron chi connectivity index (χ0n) is 11.4. The molecule has 1 heterocycles. The van der Waals surface area contributed by atoms with E-state index in [1.165, 1.54) is 10.7 Å². The van der Waals surface area contributed by atoms with Crippen LogP contribution in [0.25, 0.3) is 5.69 Å². The Morgan fingerprint density at radius 1 is 1.05 bits per heavy atom. The van der Waals surface area contributed by atoms with E-state index in [2.05, 4.69) is 5.10 Å². The maximum Gasteiger partial charge on any atom is 0.416 e. The Hall–Kier alpha value is -1.78. The van der Waals surface area contributed by atoms with E-state index in [1.807, 2.05) is 19.9 Å². The summed E-state index contributed by atoms with van der Waals surface area (Å²) in [6.07, 6.45) is -4.33. The fourth-order valence-electron chi connectivity index (χ4n) is 1.70. The van der Waals surface area contributed by atoms with Crippen LogP contribution < -0.4 is 0 Å².